The molecule has 38 heavy (non-hydrogen) atoms. The van der Waals surface area contributed by atoms with E-state index >= 15 is 8.78 Å². The van der Waals surface area contributed by atoms with Crippen molar-refractivity contribution in [2.24, 2.45) is 0 Å². The molecule has 0 unspecified atom stereocenters. The maximum Gasteiger partial charge on any atom is 0.433 e. The minimum Gasteiger partial charge on any atom is -0.393 e. The van der Waals surface area contributed by atoms with Crippen LogP contribution in [0.2, 0.25) is 0 Å². The Balaban J connectivity index is 1.68. The predicted molar refractivity (Wildman–Crippen MR) is 132 cm³/mol. The largest absolute Gasteiger partial charge is 0.433 e. The molecule has 1 aliphatic heterocycles. The smallest absolute Gasteiger partial charge is 0.393 e. The summed E-state index contributed by atoms with van der Waals surface area (Å²) in [5, 5.41) is 12.1. The number of nitrogens with zero attached hydrogens (tertiary/aromatic N) is 2. The molecule has 4 rings (SSSR count). The summed E-state index contributed by atoms with van der Waals surface area (Å²) in [6.45, 7) is 1.56. The van der Waals surface area contributed by atoms with Crippen molar-refractivity contribution in [3.05, 3.63) is 76.9 Å². The lowest BCUT2D eigenvalue weighted by molar-refractivity contribution is -0.141. The number of pyridine rings is 1. The molecule has 6 nitrogen and oxygen atoms in total. The number of carbonyl (C=O) groups is 1. The Morgan fingerprint density at radius 1 is 1.18 bits per heavy atom. The number of benzene rings is 2. The summed E-state index contributed by atoms with van der Waals surface area (Å²) < 4.78 is 74.6. The molecule has 0 bridgehead atoms. The maximum absolute atomic E-state index is 15.4. The van der Waals surface area contributed by atoms with E-state index in [1.54, 1.807) is 30.0 Å². The second-order valence-corrected chi connectivity index (χ2v) is 9.27. The van der Waals surface area contributed by atoms with Gasteiger partial charge in [-0.2, -0.15) is 13.2 Å². The van der Waals surface area contributed by atoms with Gasteiger partial charge in [0.15, 0.2) is 5.67 Å². The summed E-state index contributed by atoms with van der Waals surface area (Å²) in [6, 6.07) is 9.40. The third-order valence-electron chi connectivity index (χ3n) is 6.44. The van der Waals surface area contributed by atoms with Gasteiger partial charge in [-0.25, -0.2) is 8.78 Å². The summed E-state index contributed by atoms with van der Waals surface area (Å²) in [7, 11) is 1.51. The normalized spacial score (nSPS) is 17.3. The molecule has 1 atom stereocenters. The Kier molecular flexibility index (Phi) is 7.70. The first-order chi connectivity index (χ1) is 17.9. The van der Waals surface area contributed by atoms with E-state index < -0.39 is 35.9 Å². The molecule has 0 aliphatic carbocycles. The SMILES string of the molecule is COCCN1C[C@](F)(CO)Cc2cc(F)c(-c3cc(NC(=O)c4ccnc(C(F)(F)F)c4)ccc3C)cc21. The number of methoxy groups -OCH3 is 1. The Morgan fingerprint density at radius 3 is 2.63 bits per heavy atom. The molecule has 2 heterocycles. The summed E-state index contributed by atoms with van der Waals surface area (Å²) in [6.07, 6.45) is -3.95. The number of nitrogens with one attached hydrogen (secondary N) is 1. The van der Waals surface area contributed by atoms with Crippen molar-refractivity contribution in [1.82, 2.24) is 4.98 Å². The van der Waals surface area contributed by atoms with Gasteiger partial charge in [0, 0.05) is 48.8 Å². The average molecular weight is 536 g/mol. The van der Waals surface area contributed by atoms with E-state index in [2.05, 4.69) is 10.3 Å². The second kappa shape index (κ2) is 10.7. The zero-order valence-corrected chi connectivity index (χ0v) is 20.7. The van der Waals surface area contributed by atoms with E-state index in [9.17, 15) is 23.1 Å². The fourth-order valence-corrected chi connectivity index (χ4v) is 4.50. The number of carbonyl (C=O) groups excluding carboxylic acids is 1. The van der Waals surface area contributed by atoms with Gasteiger partial charge in [-0.1, -0.05) is 6.07 Å². The van der Waals surface area contributed by atoms with Gasteiger partial charge in [0.25, 0.3) is 5.91 Å². The van der Waals surface area contributed by atoms with Crippen LogP contribution in [0, 0.1) is 12.7 Å². The molecule has 1 aliphatic rings. The van der Waals surface area contributed by atoms with Crippen molar-refractivity contribution in [2.75, 3.05) is 43.6 Å². The highest BCUT2D eigenvalue weighted by atomic mass is 19.4. The van der Waals surface area contributed by atoms with Crippen LogP contribution in [0.1, 0.15) is 27.2 Å². The lowest BCUT2D eigenvalue weighted by Crippen LogP contribution is -2.49. The summed E-state index contributed by atoms with van der Waals surface area (Å²) in [4.78, 5) is 17.6. The quantitative estimate of drug-likeness (QED) is 0.408. The molecule has 0 saturated heterocycles. The highest BCUT2D eigenvalue weighted by Gasteiger charge is 2.38. The topological polar surface area (TPSA) is 74.7 Å². The molecule has 11 heteroatoms. The third kappa shape index (κ3) is 5.78. The Hall–Kier alpha value is -3.57. The fourth-order valence-electron chi connectivity index (χ4n) is 4.50. The minimum absolute atomic E-state index is 0.0914. The van der Waals surface area contributed by atoms with Crippen LogP contribution in [0.4, 0.5) is 33.3 Å². The highest BCUT2D eigenvalue weighted by Crippen LogP contribution is 2.39. The highest BCUT2D eigenvalue weighted by molar-refractivity contribution is 6.04. The number of amides is 1. The number of aliphatic hydroxyl groups is 1. The summed E-state index contributed by atoms with van der Waals surface area (Å²) in [5.41, 5.74) is -0.761. The van der Waals surface area contributed by atoms with Gasteiger partial charge in [-0.15, -0.1) is 0 Å². The van der Waals surface area contributed by atoms with Crippen molar-refractivity contribution >= 4 is 17.3 Å². The first-order valence-electron chi connectivity index (χ1n) is 11.8. The van der Waals surface area contributed by atoms with E-state index in [4.69, 9.17) is 4.74 Å². The van der Waals surface area contributed by atoms with Crippen LogP contribution in [0.3, 0.4) is 0 Å². The molecule has 0 saturated carbocycles. The number of alkyl halides is 4. The van der Waals surface area contributed by atoms with Crippen LogP contribution in [-0.4, -0.2) is 55.1 Å². The number of aromatic nitrogens is 1. The minimum atomic E-state index is -4.70. The number of ether oxygens (including phenoxy) is 1. The molecule has 2 N–H and O–H groups in total. The number of hydrogen-bond acceptors (Lipinski definition) is 5. The Morgan fingerprint density at radius 2 is 1.95 bits per heavy atom. The van der Waals surface area contributed by atoms with E-state index in [1.807, 2.05) is 0 Å². The fraction of sp³-hybridized carbons (Fsp3) is 0.333. The molecule has 3 aromatic rings. The van der Waals surface area contributed by atoms with E-state index in [0.29, 0.717) is 41.6 Å². The van der Waals surface area contributed by atoms with Crippen molar-refractivity contribution in [1.29, 1.82) is 0 Å². The predicted octanol–water partition coefficient (Wildman–Crippen LogP) is 5.18. The monoisotopic (exact) mass is 535 g/mol. The first kappa shape index (κ1) is 27.5. The summed E-state index contributed by atoms with van der Waals surface area (Å²) >= 11 is 0. The zero-order valence-electron chi connectivity index (χ0n) is 20.7. The molecular weight excluding hydrogens is 509 g/mol. The number of hydrogen-bond donors (Lipinski definition) is 2. The van der Waals surface area contributed by atoms with Crippen LogP contribution in [0.25, 0.3) is 11.1 Å². The second-order valence-electron chi connectivity index (χ2n) is 9.27. The van der Waals surface area contributed by atoms with Crippen LogP contribution < -0.4 is 10.2 Å². The first-order valence-corrected chi connectivity index (χ1v) is 11.8. The van der Waals surface area contributed by atoms with Crippen LogP contribution in [0.15, 0.2) is 48.7 Å². The molecule has 2 aromatic carbocycles. The van der Waals surface area contributed by atoms with Crippen molar-refractivity contribution in [2.45, 2.75) is 25.2 Å². The van der Waals surface area contributed by atoms with Gasteiger partial charge in [-0.3, -0.25) is 9.78 Å². The molecule has 1 amide bonds. The molecule has 1 aromatic heterocycles. The molecule has 0 fully saturated rings. The maximum atomic E-state index is 15.4. The number of aryl methyl sites for hydroxylation is 1. The van der Waals surface area contributed by atoms with Gasteiger partial charge in [0.05, 0.1) is 19.8 Å². The van der Waals surface area contributed by atoms with Crippen molar-refractivity contribution < 1.29 is 36.6 Å². The van der Waals surface area contributed by atoms with Gasteiger partial charge in [0.2, 0.25) is 0 Å². The molecule has 0 radical (unpaired) electrons. The van der Waals surface area contributed by atoms with E-state index in [-0.39, 0.29) is 29.8 Å². The third-order valence-corrected chi connectivity index (χ3v) is 6.44. The average Bonchev–Trinajstić information content (AvgIpc) is 2.87. The summed E-state index contributed by atoms with van der Waals surface area (Å²) in [5.74, 6) is -1.40. The number of halogens is 5. The standard InChI is InChI=1S/C27H26F5N3O3/c1-16-3-4-19(34-25(37)17-5-6-33-24(10-17)27(30,31)32)11-20(16)21-12-23-18(9-22(21)28)13-26(29,15-36)14-35(23)7-8-38-2/h3-6,9-12,36H,7-8,13-15H2,1-2H3,(H,34,37)/t26-/m0/s1. The molecular formula is C27H26F5N3O3. The van der Waals surface area contributed by atoms with Crippen LogP contribution in [-0.2, 0) is 17.3 Å². The number of fused-ring (bicyclic) bond motifs is 1. The van der Waals surface area contributed by atoms with Gasteiger partial charge < -0.3 is 20.1 Å². The molecule has 202 valence electrons. The number of rotatable bonds is 7. The zero-order chi connectivity index (χ0) is 27.7. The Labute approximate surface area is 216 Å². The van der Waals surface area contributed by atoms with Gasteiger partial charge in [0.1, 0.15) is 11.5 Å². The van der Waals surface area contributed by atoms with Crippen LogP contribution in [0.5, 0.6) is 0 Å². The molecule has 0 spiro atoms. The number of anilines is 2. The van der Waals surface area contributed by atoms with Gasteiger partial charge >= 0.3 is 6.18 Å². The van der Waals surface area contributed by atoms with Gasteiger partial charge in [-0.05, 0) is 60.0 Å². The van der Waals surface area contributed by atoms with Crippen molar-refractivity contribution in [3.8, 4) is 11.1 Å². The van der Waals surface area contributed by atoms with Crippen molar-refractivity contribution in [3.63, 3.8) is 0 Å². The van der Waals surface area contributed by atoms with Crippen LogP contribution >= 0.6 is 0 Å². The Bertz CT molecular complexity index is 1350. The lowest BCUT2D eigenvalue weighted by Gasteiger charge is -2.39. The van der Waals surface area contributed by atoms with E-state index in [0.717, 1.165) is 12.3 Å². The lowest BCUT2D eigenvalue weighted by atomic mass is 9.88. The number of aliphatic hydroxyl groups excluding tert-OH is 1. The van der Waals surface area contributed by atoms with E-state index in [1.165, 1.54) is 19.2 Å².